The average Bonchev–Trinajstić information content (AvgIpc) is 3.73. The molecule has 2 atom stereocenters. The fourth-order valence-electron chi connectivity index (χ4n) is 4.93. The summed E-state index contributed by atoms with van der Waals surface area (Å²) >= 11 is 0. The Morgan fingerprint density at radius 2 is 1.70 bits per heavy atom. The highest BCUT2D eigenvalue weighted by atomic mass is 32.2. The number of fused-ring (bicyclic) bond motifs is 1. The Kier molecular flexibility index (Phi) is 10.5. The predicted molar refractivity (Wildman–Crippen MR) is 168 cm³/mol. The summed E-state index contributed by atoms with van der Waals surface area (Å²) in [5, 5.41) is 27.0. The molecule has 2 heterocycles. The lowest BCUT2D eigenvalue weighted by Crippen LogP contribution is -2.50. The summed E-state index contributed by atoms with van der Waals surface area (Å²) in [7, 11) is -2.49. The largest absolute Gasteiger partial charge is 0.497 e. The molecule has 1 amide bonds. The molecule has 0 aliphatic carbocycles. The molecule has 3 aromatic carbocycles. The zero-order valence-electron chi connectivity index (χ0n) is 26.0. The molecule has 47 heavy (non-hydrogen) atoms. The van der Waals surface area contributed by atoms with Crippen LogP contribution < -0.4 is 24.3 Å². The lowest BCUT2D eigenvalue weighted by molar-refractivity contribution is 0.0980. The molecule has 1 aliphatic rings. The van der Waals surface area contributed by atoms with Gasteiger partial charge in [0.15, 0.2) is 18.1 Å². The van der Waals surface area contributed by atoms with Crippen LogP contribution >= 0.6 is 0 Å². The van der Waals surface area contributed by atoms with Crippen LogP contribution in [0.25, 0.3) is 11.5 Å². The summed E-state index contributed by atoms with van der Waals surface area (Å²) in [4.78, 5) is 16.0. The van der Waals surface area contributed by atoms with Gasteiger partial charge in [-0.25, -0.2) is 13.2 Å². The maximum Gasteiger partial charge on any atom is 0.404 e. The Labute approximate surface area is 271 Å². The van der Waals surface area contributed by atoms with Gasteiger partial charge in [-0.15, -0.1) is 0 Å². The summed E-state index contributed by atoms with van der Waals surface area (Å²) < 4.78 is 55.4. The van der Waals surface area contributed by atoms with E-state index in [2.05, 4.69) is 15.5 Å². The summed E-state index contributed by atoms with van der Waals surface area (Å²) in [6, 6.07) is 17.3. The van der Waals surface area contributed by atoms with Crippen LogP contribution in [-0.4, -0.2) is 78.3 Å². The number of methoxy groups -OCH3 is 1. The van der Waals surface area contributed by atoms with Gasteiger partial charge < -0.3 is 39.0 Å². The maximum absolute atomic E-state index is 13.7. The maximum atomic E-state index is 13.7. The lowest BCUT2D eigenvalue weighted by Gasteiger charge is -2.30. The Balaban J connectivity index is 1.23. The van der Waals surface area contributed by atoms with Crippen LogP contribution in [0.2, 0.25) is 0 Å². The van der Waals surface area contributed by atoms with Crippen molar-refractivity contribution >= 4 is 16.1 Å². The molecule has 0 bridgehead atoms. The number of benzene rings is 3. The molecule has 15 heteroatoms. The molecule has 0 unspecified atom stereocenters. The van der Waals surface area contributed by atoms with E-state index >= 15 is 0 Å². The minimum absolute atomic E-state index is 0.00604. The minimum Gasteiger partial charge on any atom is -0.497 e. The van der Waals surface area contributed by atoms with Crippen LogP contribution in [0.15, 0.2) is 76.1 Å². The molecule has 1 aliphatic heterocycles. The SMILES string of the molecule is COc1ccc(-c2nc(COc3ccc(C[C@H](NC(=O)O)[C@@H](O)CN(CC(C)C)S(=O)(=O)c4ccc5c(c4)OCO5)cc3)no2)cc1. The van der Waals surface area contributed by atoms with Gasteiger partial charge in [0.1, 0.15) is 11.5 Å². The second-order valence-electron chi connectivity index (χ2n) is 11.2. The predicted octanol–water partition coefficient (Wildman–Crippen LogP) is 3.94. The summed E-state index contributed by atoms with van der Waals surface area (Å²) in [5.41, 5.74) is 1.42. The summed E-state index contributed by atoms with van der Waals surface area (Å²) in [5.74, 6) is 2.57. The highest BCUT2D eigenvalue weighted by Gasteiger charge is 2.32. The first-order valence-electron chi connectivity index (χ1n) is 14.8. The number of carboxylic acid groups (broad SMARTS) is 1. The van der Waals surface area contributed by atoms with Gasteiger partial charge in [-0.3, -0.25) is 0 Å². The molecule has 0 saturated carbocycles. The first-order chi connectivity index (χ1) is 22.5. The number of nitrogens with one attached hydrogen (secondary N) is 1. The quantitative estimate of drug-likeness (QED) is 0.166. The molecule has 5 rings (SSSR count). The number of amides is 1. The second-order valence-corrected chi connectivity index (χ2v) is 13.2. The van der Waals surface area contributed by atoms with Gasteiger partial charge in [-0.05, 0) is 66.4 Å². The van der Waals surface area contributed by atoms with Crippen molar-refractivity contribution in [2.45, 2.75) is 43.9 Å². The Morgan fingerprint density at radius 1 is 1.00 bits per heavy atom. The Hall–Kier alpha value is -4.86. The van der Waals surface area contributed by atoms with Crippen LogP contribution in [0, 0.1) is 5.92 Å². The Morgan fingerprint density at radius 3 is 2.38 bits per heavy atom. The van der Waals surface area contributed by atoms with Crippen molar-refractivity contribution in [2.24, 2.45) is 5.92 Å². The first-order valence-corrected chi connectivity index (χ1v) is 16.2. The number of sulfonamides is 1. The zero-order valence-corrected chi connectivity index (χ0v) is 26.8. The number of aromatic nitrogens is 2. The van der Waals surface area contributed by atoms with E-state index in [0.29, 0.717) is 40.3 Å². The number of hydrogen-bond acceptors (Lipinski definition) is 11. The van der Waals surface area contributed by atoms with E-state index in [-0.39, 0.29) is 43.7 Å². The number of rotatable bonds is 15. The molecule has 1 aromatic heterocycles. The average molecular weight is 669 g/mol. The molecule has 4 aromatic rings. The van der Waals surface area contributed by atoms with E-state index in [9.17, 15) is 23.4 Å². The highest BCUT2D eigenvalue weighted by Crippen LogP contribution is 2.35. The van der Waals surface area contributed by atoms with Crippen LogP contribution in [-0.2, 0) is 23.1 Å². The molecule has 0 spiro atoms. The van der Waals surface area contributed by atoms with Gasteiger partial charge in [-0.1, -0.05) is 31.1 Å². The topological polar surface area (TPSA) is 183 Å². The van der Waals surface area contributed by atoms with Crippen molar-refractivity contribution in [3.63, 3.8) is 0 Å². The fourth-order valence-corrected chi connectivity index (χ4v) is 6.57. The van der Waals surface area contributed by atoms with Gasteiger partial charge in [0.05, 0.1) is 24.2 Å². The standard InChI is InChI=1S/C32H36N4O10S/c1-20(2)16-36(47(40,41)25-12-13-28-29(15-25)45-19-44-28)17-27(37)26(33-32(38)39)14-21-4-8-24(9-5-21)43-18-30-34-31(46-35-30)22-6-10-23(42-3)11-7-22/h4-13,15,20,26-27,33,37H,14,16-19H2,1-3H3,(H,38,39)/t26-,27-/m0/s1. The van der Waals surface area contributed by atoms with E-state index in [4.69, 9.17) is 23.5 Å². The van der Waals surface area contributed by atoms with Crippen LogP contribution in [0.5, 0.6) is 23.0 Å². The normalized spacial score (nSPS) is 13.8. The van der Waals surface area contributed by atoms with E-state index in [1.807, 2.05) is 13.8 Å². The third-order valence-electron chi connectivity index (χ3n) is 7.27. The van der Waals surface area contributed by atoms with Crippen LogP contribution in [0.4, 0.5) is 4.79 Å². The van der Waals surface area contributed by atoms with Crippen molar-refractivity contribution < 1.29 is 46.9 Å². The third kappa shape index (κ3) is 8.49. The number of hydrogen-bond donors (Lipinski definition) is 3. The summed E-state index contributed by atoms with van der Waals surface area (Å²) in [6.07, 6.45) is -2.64. The fraction of sp³-hybridized carbons (Fsp3) is 0.344. The van der Waals surface area contributed by atoms with Crippen LogP contribution in [0.1, 0.15) is 25.2 Å². The molecule has 0 fully saturated rings. The number of ether oxygens (including phenoxy) is 4. The van der Waals surface area contributed by atoms with E-state index in [1.165, 1.54) is 18.2 Å². The van der Waals surface area contributed by atoms with Crippen LogP contribution in [0.3, 0.4) is 0 Å². The zero-order chi connectivity index (χ0) is 33.6. The molecule has 3 N–H and O–H groups in total. The molecule has 0 saturated heterocycles. The monoisotopic (exact) mass is 668 g/mol. The molecule has 14 nitrogen and oxygen atoms in total. The van der Waals surface area contributed by atoms with E-state index in [1.54, 1.807) is 55.6 Å². The van der Waals surface area contributed by atoms with E-state index < -0.39 is 28.3 Å². The van der Waals surface area contributed by atoms with Gasteiger partial charge in [0.25, 0.3) is 5.89 Å². The van der Waals surface area contributed by atoms with Gasteiger partial charge >= 0.3 is 6.09 Å². The van der Waals surface area contributed by atoms with Crippen molar-refractivity contribution in [3.8, 4) is 34.5 Å². The number of carbonyl (C=O) groups is 1. The molecular formula is C32H36N4O10S. The molecule has 0 radical (unpaired) electrons. The number of nitrogens with zero attached hydrogens (tertiary/aromatic N) is 3. The van der Waals surface area contributed by atoms with Crippen molar-refractivity contribution in [1.29, 1.82) is 0 Å². The second kappa shape index (κ2) is 14.7. The highest BCUT2D eigenvalue weighted by molar-refractivity contribution is 7.89. The van der Waals surface area contributed by atoms with Gasteiger partial charge in [0, 0.05) is 24.7 Å². The number of aliphatic hydroxyl groups excluding tert-OH is 1. The van der Waals surface area contributed by atoms with Gasteiger partial charge in [0.2, 0.25) is 22.6 Å². The number of aliphatic hydroxyl groups is 1. The van der Waals surface area contributed by atoms with E-state index in [0.717, 1.165) is 9.87 Å². The molecule has 250 valence electrons. The van der Waals surface area contributed by atoms with Crippen molar-refractivity contribution in [3.05, 3.63) is 78.1 Å². The molecular weight excluding hydrogens is 632 g/mol. The first kappa shape index (κ1) is 33.5. The Bertz CT molecular complexity index is 1760. The van der Waals surface area contributed by atoms with Crippen molar-refractivity contribution in [1.82, 2.24) is 19.8 Å². The van der Waals surface area contributed by atoms with Gasteiger partial charge in [-0.2, -0.15) is 9.29 Å². The third-order valence-corrected chi connectivity index (χ3v) is 9.09. The lowest BCUT2D eigenvalue weighted by atomic mass is 10.0. The van der Waals surface area contributed by atoms with Crippen molar-refractivity contribution in [2.75, 3.05) is 27.0 Å². The smallest absolute Gasteiger partial charge is 0.404 e. The summed E-state index contributed by atoms with van der Waals surface area (Å²) in [6.45, 7) is 3.50. The minimum atomic E-state index is -4.08.